The van der Waals surface area contributed by atoms with Crippen molar-refractivity contribution in [3.05, 3.63) is 34.9 Å². The van der Waals surface area contributed by atoms with E-state index in [2.05, 4.69) is 0 Å². The van der Waals surface area contributed by atoms with Gasteiger partial charge in [0.2, 0.25) is 0 Å². The minimum absolute atomic E-state index is 0.208. The van der Waals surface area contributed by atoms with Crippen molar-refractivity contribution >= 4 is 17.7 Å². The predicted octanol–water partition coefficient (Wildman–Crippen LogP) is 4.75. The summed E-state index contributed by atoms with van der Waals surface area (Å²) in [5.74, 6) is 0.208. The molecule has 1 saturated heterocycles. The Morgan fingerprint density at radius 3 is 2.21 bits per heavy atom. The van der Waals surface area contributed by atoms with Crippen LogP contribution in [0.25, 0.3) is 0 Å². The Morgan fingerprint density at radius 1 is 1.14 bits per heavy atom. The van der Waals surface area contributed by atoms with E-state index >= 15 is 0 Å². The summed E-state index contributed by atoms with van der Waals surface area (Å²) < 4.78 is 17.0. The molecule has 1 amide bonds. The second-order valence-electron chi connectivity index (χ2n) is 8.22. The quantitative estimate of drug-likeness (QED) is 0.682. The van der Waals surface area contributed by atoms with Gasteiger partial charge in [0.25, 0.3) is 0 Å². The molecule has 1 aliphatic heterocycles. The lowest BCUT2D eigenvalue weighted by Crippen LogP contribution is -2.43. The van der Waals surface area contributed by atoms with Gasteiger partial charge in [0.1, 0.15) is 5.60 Å². The molecule has 0 bridgehead atoms. The van der Waals surface area contributed by atoms with E-state index in [-0.39, 0.29) is 18.1 Å². The number of hydrogen-bond acceptors (Lipinski definition) is 5. The molecule has 1 fully saturated rings. The minimum atomic E-state index is -0.908. The fraction of sp³-hybridized carbons (Fsp3) is 0.667. The number of carbonyl (C=O) groups excluding carboxylic acids is 1. The average molecular weight is 414 g/mol. The van der Waals surface area contributed by atoms with Gasteiger partial charge in [-0.05, 0) is 71.1 Å². The van der Waals surface area contributed by atoms with Gasteiger partial charge in [0, 0.05) is 18.1 Å². The molecule has 1 aliphatic rings. The van der Waals surface area contributed by atoms with Gasteiger partial charge in [-0.3, -0.25) is 0 Å². The maximum Gasteiger partial charge on any atom is 0.410 e. The van der Waals surface area contributed by atoms with Crippen molar-refractivity contribution in [3.8, 4) is 0 Å². The largest absolute Gasteiger partial charge is 0.444 e. The molecule has 28 heavy (non-hydrogen) atoms. The zero-order valence-electron chi connectivity index (χ0n) is 17.4. The first-order valence-electron chi connectivity index (χ1n) is 9.77. The van der Waals surface area contributed by atoms with E-state index in [1.165, 1.54) is 0 Å². The number of carbonyl (C=O) groups is 1. The summed E-state index contributed by atoms with van der Waals surface area (Å²) in [5.41, 5.74) is 0.498. The first kappa shape index (κ1) is 22.9. The van der Waals surface area contributed by atoms with E-state index in [1.54, 1.807) is 18.7 Å². The van der Waals surface area contributed by atoms with E-state index in [9.17, 15) is 9.90 Å². The number of piperidine rings is 1. The fourth-order valence-corrected chi connectivity index (χ4v) is 3.47. The first-order valence-corrected chi connectivity index (χ1v) is 10.2. The maximum absolute atomic E-state index is 12.3. The molecule has 0 aromatic heterocycles. The smallest absolute Gasteiger partial charge is 0.410 e. The van der Waals surface area contributed by atoms with Crippen molar-refractivity contribution in [2.45, 2.75) is 71.7 Å². The Kier molecular flexibility index (Phi) is 8.13. The van der Waals surface area contributed by atoms with E-state index < -0.39 is 18.2 Å². The third-order valence-electron chi connectivity index (χ3n) is 4.54. The van der Waals surface area contributed by atoms with Crippen LogP contribution in [-0.4, -0.2) is 47.4 Å². The third-order valence-corrected chi connectivity index (χ3v) is 4.80. The topological polar surface area (TPSA) is 68.2 Å². The van der Waals surface area contributed by atoms with Crippen LogP contribution in [0.1, 0.15) is 59.1 Å². The molecule has 158 valence electrons. The van der Waals surface area contributed by atoms with E-state index in [0.29, 0.717) is 18.1 Å². The Balaban J connectivity index is 2.05. The van der Waals surface area contributed by atoms with Crippen molar-refractivity contribution in [2.75, 3.05) is 13.1 Å². The van der Waals surface area contributed by atoms with Crippen LogP contribution in [0.5, 0.6) is 0 Å². The number of rotatable bonds is 6. The van der Waals surface area contributed by atoms with Crippen LogP contribution < -0.4 is 0 Å². The molecule has 0 aliphatic carbocycles. The number of benzene rings is 1. The Bertz CT molecular complexity index is 621. The number of nitrogens with zero attached hydrogens (tertiary/aromatic N) is 1. The molecule has 0 radical (unpaired) electrons. The van der Waals surface area contributed by atoms with Crippen molar-refractivity contribution in [2.24, 2.45) is 5.92 Å². The summed E-state index contributed by atoms with van der Waals surface area (Å²) in [6.45, 7) is 10.1. The Labute approximate surface area is 172 Å². The van der Waals surface area contributed by atoms with Crippen molar-refractivity contribution in [1.82, 2.24) is 4.90 Å². The van der Waals surface area contributed by atoms with Gasteiger partial charge in [-0.2, -0.15) is 0 Å². The molecular weight excluding hydrogens is 382 g/mol. The highest BCUT2D eigenvalue weighted by atomic mass is 35.5. The first-order chi connectivity index (χ1) is 13.0. The summed E-state index contributed by atoms with van der Waals surface area (Å²) in [7, 11) is 0. The lowest BCUT2D eigenvalue weighted by atomic mass is 9.87. The second kappa shape index (κ2) is 9.92. The number of amides is 1. The monoisotopic (exact) mass is 413 g/mol. The molecule has 6 nitrogen and oxygen atoms in total. The number of likely N-dealkylation sites (tertiary alicyclic amines) is 1. The number of hydrogen-bond donors (Lipinski definition) is 1. The Hall–Kier alpha value is -1.34. The average Bonchev–Trinajstić information content (AvgIpc) is 2.59. The van der Waals surface area contributed by atoms with E-state index in [4.69, 9.17) is 25.8 Å². The molecule has 2 rings (SSSR count). The highest BCUT2D eigenvalue weighted by molar-refractivity contribution is 6.30. The Morgan fingerprint density at radius 2 is 1.71 bits per heavy atom. The molecule has 1 N–H and O–H groups in total. The van der Waals surface area contributed by atoms with Crippen LogP contribution in [0.4, 0.5) is 4.79 Å². The lowest BCUT2D eigenvalue weighted by Gasteiger charge is -2.37. The molecule has 0 saturated carbocycles. The van der Waals surface area contributed by atoms with Gasteiger partial charge in [0.05, 0.1) is 6.10 Å². The highest BCUT2D eigenvalue weighted by Gasteiger charge is 2.33. The molecule has 1 aromatic rings. The molecule has 3 atom stereocenters. The van der Waals surface area contributed by atoms with E-state index in [1.807, 2.05) is 45.0 Å². The minimum Gasteiger partial charge on any atom is -0.444 e. The summed E-state index contributed by atoms with van der Waals surface area (Å²) in [6.07, 6.45) is -0.394. The van der Waals surface area contributed by atoms with Gasteiger partial charge in [-0.1, -0.05) is 23.7 Å². The van der Waals surface area contributed by atoms with Gasteiger partial charge >= 0.3 is 6.09 Å². The van der Waals surface area contributed by atoms with Crippen molar-refractivity contribution in [1.29, 1.82) is 0 Å². The molecule has 7 heteroatoms. The maximum atomic E-state index is 12.3. The lowest BCUT2D eigenvalue weighted by molar-refractivity contribution is -0.239. The van der Waals surface area contributed by atoms with Crippen molar-refractivity contribution < 1.29 is 24.1 Å². The van der Waals surface area contributed by atoms with Crippen LogP contribution in [0.15, 0.2) is 24.3 Å². The zero-order chi connectivity index (χ0) is 20.9. The normalized spacial score (nSPS) is 19.2. The SMILES string of the molecule is CC(O)OC(C)OC(c1ccc(Cl)cc1)C1CCN(C(=O)OC(C)(C)C)CC1. The molecule has 0 spiro atoms. The third kappa shape index (κ3) is 7.24. The van der Waals surface area contributed by atoms with Gasteiger partial charge in [0.15, 0.2) is 12.6 Å². The van der Waals surface area contributed by atoms with Crippen LogP contribution in [0.3, 0.4) is 0 Å². The highest BCUT2D eigenvalue weighted by Crippen LogP contribution is 2.35. The number of ether oxygens (including phenoxy) is 3. The number of aliphatic hydroxyl groups excluding tert-OH is 1. The fourth-order valence-electron chi connectivity index (χ4n) is 3.34. The molecule has 1 aromatic carbocycles. The summed E-state index contributed by atoms with van der Waals surface area (Å²) in [6, 6.07) is 7.57. The summed E-state index contributed by atoms with van der Waals surface area (Å²) >= 11 is 6.03. The zero-order valence-corrected chi connectivity index (χ0v) is 18.1. The molecule has 3 unspecified atom stereocenters. The van der Waals surface area contributed by atoms with Gasteiger partial charge in [-0.25, -0.2) is 4.79 Å². The summed E-state index contributed by atoms with van der Waals surface area (Å²) in [5, 5.41) is 10.1. The van der Waals surface area contributed by atoms with Crippen LogP contribution >= 0.6 is 11.6 Å². The van der Waals surface area contributed by atoms with Crippen LogP contribution in [0, 0.1) is 5.92 Å². The van der Waals surface area contributed by atoms with E-state index in [0.717, 1.165) is 18.4 Å². The number of halogens is 1. The van der Waals surface area contributed by atoms with Crippen LogP contribution in [-0.2, 0) is 14.2 Å². The molecular formula is C21H32ClNO5. The second-order valence-corrected chi connectivity index (χ2v) is 8.65. The predicted molar refractivity (Wildman–Crippen MR) is 108 cm³/mol. The van der Waals surface area contributed by atoms with Crippen molar-refractivity contribution in [3.63, 3.8) is 0 Å². The molecule has 1 heterocycles. The summed E-state index contributed by atoms with van der Waals surface area (Å²) in [4.78, 5) is 14.1. The van der Waals surface area contributed by atoms with Gasteiger partial charge in [-0.15, -0.1) is 0 Å². The standard InChI is InChI=1S/C21H32ClNO5/c1-14(24)26-15(2)27-19(16-6-8-18(22)9-7-16)17-10-12-23(13-11-17)20(25)28-21(3,4)5/h6-9,14-15,17,19,24H,10-13H2,1-5H3. The number of aliphatic hydroxyl groups is 1. The van der Waals surface area contributed by atoms with Gasteiger partial charge < -0.3 is 24.2 Å². The van der Waals surface area contributed by atoms with Crippen LogP contribution in [0.2, 0.25) is 5.02 Å².